The van der Waals surface area contributed by atoms with Crippen LogP contribution in [0, 0.1) is 13.7 Å². The maximum Gasteiger partial charge on any atom is 0.286 e. The molecule has 7 nitrogen and oxygen atoms in total. The Balaban J connectivity index is 2.42. The van der Waals surface area contributed by atoms with Gasteiger partial charge in [0.25, 0.3) is 11.6 Å². The van der Waals surface area contributed by atoms with Crippen LogP contribution in [0.2, 0.25) is 0 Å². The zero-order valence-electron chi connectivity index (χ0n) is 13.0. The quantitative estimate of drug-likeness (QED) is 0.417. The van der Waals surface area contributed by atoms with Crippen LogP contribution in [0.3, 0.4) is 0 Å². The minimum Gasteiger partial charge on any atom is -0.493 e. The number of carbonyl (C=O) groups is 1. The number of anilines is 1. The predicted octanol–water partition coefficient (Wildman–Crippen LogP) is 3.86. The van der Waals surface area contributed by atoms with Gasteiger partial charge in [0.1, 0.15) is 5.56 Å². The number of hydrogen-bond acceptors (Lipinski definition) is 5. The highest BCUT2D eigenvalue weighted by molar-refractivity contribution is 14.1. The summed E-state index contributed by atoms with van der Waals surface area (Å²) >= 11 is 2.14. The predicted molar refractivity (Wildman–Crippen MR) is 97.9 cm³/mol. The number of methoxy groups -OCH3 is 1. The van der Waals surface area contributed by atoms with Gasteiger partial charge in [0, 0.05) is 15.3 Å². The van der Waals surface area contributed by atoms with Gasteiger partial charge in [-0.05, 0) is 53.8 Å². The number of nitrogens with one attached hydrogen (secondary N) is 1. The summed E-state index contributed by atoms with van der Waals surface area (Å²) in [7, 11) is 1.38. The Kier molecular flexibility index (Phi) is 5.96. The summed E-state index contributed by atoms with van der Waals surface area (Å²) in [5.41, 5.74) is 0.101. The number of nitro groups is 1. The second-order valence-electron chi connectivity index (χ2n) is 4.67. The lowest BCUT2D eigenvalue weighted by molar-refractivity contribution is -0.385. The molecule has 24 heavy (non-hydrogen) atoms. The Labute approximate surface area is 152 Å². The van der Waals surface area contributed by atoms with Crippen LogP contribution in [-0.2, 0) is 0 Å². The van der Waals surface area contributed by atoms with Crippen molar-refractivity contribution in [3.63, 3.8) is 0 Å². The first kappa shape index (κ1) is 18.0. The van der Waals surface area contributed by atoms with E-state index in [1.165, 1.54) is 19.2 Å². The van der Waals surface area contributed by atoms with Crippen LogP contribution in [0.15, 0.2) is 36.4 Å². The van der Waals surface area contributed by atoms with E-state index < -0.39 is 10.8 Å². The molecular formula is C16H15IN2O5. The molecule has 0 heterocycles. The average molecular weight is 442 g/mol. The fraction of sp³-hybridized carbons (Fsp3) is 0.188. The lowest BCUT2D eigenvalue weighted by Crippen LogP contribution is -2.14. The second kappa shape index (κ2) is 7.95. The van der Waals surface area contributed by atoms with Crippen molar-refractivity contribution in [3.8, 4) is 11.5 Å². The molecule has 0 aliphatic rings. The Hall–Kier alpha value is -2.36. The van der Waals surface area contributed by atoms with Gasteiger partial charge >= 0.3 is 0 Å². The molecule has 0 unspecified atom stereocenters. The van der Waals surface area contributed by atoms with Gasteiger partial charge in [0.05, 0.1) is 24.7 Å². The standard InChI is InChI=1S/C16H15IN2O5/c1-3-24-15-8-12(13(19(21)22)9-14(15)23-2)16(20)18-11-6-4-10(17)5-7-11/h4-9H,3H2,1-2H3,(H,18,20). The van der Waals surface area contributed by atoms with E-state index in [0.717, 1.165) is 3.57 Å². The zero-order chi connectivity index (χ0) is 17.7. The van der Waals surface area contributed by atoms with Crippen LogP contribution in [0.5, 0.6) is 11.5 Å². The Morgan fingerprint density at radius 2 is 1.92 bits per heavy atom. The average Bonchev–Trinajstić information content (AvgIpc) is 2.56. The number of nitro benzene ring substituents is 1. The highest BCUT2D eigenvalue weighted by atomic mass is 127. The van der Waals surface area contributed by atoms with Gasteiger partial charge in [-0.3, -0.25) is 14.9 Å². The molecule has 1 N–H and O–H groups in total. The molecule has 0 atom stereocenters. The molecule has 0 saturated carbocycles. The molecule has 0 aromatic heterocycles. The molecule has 0 radical (unpaired) electrons. The number of benzene rings is 2. The van der Waals surface area contributed by atoms with Gasteiger partial charge in [0.2, 0.25) is 0 Å². The number of carbonyl (C=O) groups excluding carboxylic acids is 1. The van der Waals surface area contributed by atoms with E-state index in [-0.39, 0.29) is 22.7 Å². The molecule has 0 aliphatic carbocycles. The van der Waals surface area contributed by atoms with Gasteiger partial charge in [-0.1, -0.05) is 0 Å². The largest absolute Gasteiger partial charge is 0.493 e. The number of ether oxygens (including phenoxy) is 2. The van der Waals surface area contributed by atoms with Gasteiger partial charge in [-0.15, -0.1) is 0 Å². The van der Waals surface area contributed by atoms with Crippen LogP contribution in [0.1, 0.15) is 17.3 Å². The molecule has 2 rings (SSSR count). The molecule has 2 aromatic carbocycles. The van der Waals surface area contributed by atoms with Gasteiger partial charge < -0.3 is 14.8 Å². The van der Waals surface area contributed by atoms with E-state index in [9.17, 15) is 14.9 Å². The Morgan fingerprint density at radius 1 is 1.25 bits per heavy atom. The topological polar surface area (TPSA) is 90.7 Å². The van der Waals surface area contributed by atoms with Gasteiger partial charge in [-0.2, -0.15) is 0 Å². The first-order valence-corrected chi connectivity index (χ1v) is 8.10. The third-order valence-electron chi connectivity index (χ3n) is 3.13. The van der Waals surface area contributed by atoms with E-state index in [1.807, 2.05) is 12.1 Å². The molecule has 0 bridgehead atoms. The first-order valence-electron chi connectivity index (χ1n) is 7.02. The number of hydrogen-bond donors (Lipinski definition) is 1. The SMILES string of the molecule is CCOc1cc(C(=O)Nc2ccc(I)cc2)c([N+](=O)[O-])cc1OC. The summed E-state index contributed by atoms with van der Waals surface area (Å²) in [5.74, 6) is -0.112. The highest BCUT2D eigenvalue weighted by Gasteiger charge is 2.24. The van der Waals surface area contributed by atoms with Crippen molar-refractivity contribution in [2.24, 2.45) is 0 Å². The molecule has 8 heteroatoms. The van der Waals surface area contributed by atoms with Crippen molar-refractivity contribution in [1.29, 1.82) is 0 Å². The number of amides is 1. The summed E-state index contributed by atoms with van der Waals surface area (Å²) in [6.45, 7) is 2.11. The van der Waals surface area contributed by atoms with Crippen molar-refractivity contribution in [2.75, 3.05) is 19.0 Å². The molecule has 2 aromatic rings. The van der Waals surface area contributed by atoms with Crippen LogP contribution in [-0.4, -0.2) is 24.5 Å². The molecule has 1 amide bonds. The smallest absolute Gasteiger partial charge is 0.286 e. The van der Waals surface area contributed by atoms with E-state index >= 15 is 0 Å². The third-order valence-corrected chi connectivity index (χ3v) is 3.84. The van der Waals surface area contributed by atoms with Crippen molar-refractivity contribution >= 4 is 39.9 Å². The third kappa shape index (κ3) is 4.13. The summed E-state index contributed by atoms with van der Waals surface area (Å²) in [6, 6.07) is 9.60. The number of halogens is 1. The van der Waals surface area contributed by atoms with E-state index in [2.05, 4.69) is 27.9 Å². The van der Waals surface area contributed by atoms with Crippen LogP contribution in [0.4, 0.5) is 11.4 Å². The molecule has 126 valence electrons. The minimum absolute atomic E-state index is 0.0946. The molecule has 0 fully saturated rings. The van der Waals surface area contributed by atoms with Crippen LogP contribution >= 0.6 is 22.6 Å². The van der Waals surface area contributed by atoms with Crippen LogP contribution < -0.4 is 14.8 Å². The Morgan fingerprint density at radius 3 is 2.46 bits per heavy atom. The van der Waals surface area contributed by atoms with E-state index in [0.29, 0.717) is 12.3 Å². The molecule has 0 spiro atoms. The van der Waals surface area contributed by atoms with Gasteiger partial charge in [0.15, 0.2) is 11.5 Å². The van der Waals surface area contributed by atoms with Crippen molar-refractivity contribution in [2.45, 2.75) is 6.92 Å². The molecule has 0 saturated heterocycles. The fourth-order valence-corrected chi connectivity index (χ4v) is 2.40. The first-order chi connectivity index (χ1) is 11.5. The molecular weight excluding hydrogens is 427 g/mol. The summed E-state index contributed by atoms with van der Waals surface area (Å²) < 4.78 is 11.5. The number of nitrogens with zero attached hydrogens (tertiary/aromatic N) is 1. The van der Waals surface area contributed by atoms with Gasteiger partial charge in [-0.25, -0.2) is 0 Å². The second-order valence-corrected chi connectivity index (χ2v) is 5.92. The maximum absolute atomic E-state index is 12.5. The summed E-state index contributed by atoms with van der Waals surface area (Å²) in [4.78, 5) is 23.1. The maximum atomic E-state index is 12.5. The zero-order valence-corrected chi connectivity index (χ0v) is 15.2. The number of rotatable bonds is 6. The van der Waals surface area contributed by atoms with E-state index in [4.69, 9.17) is 9.47 Å². The van der Waals surface area contributed by atoms with Crippen LogP contribution in [0.25, 0.3) is 0 Å². The molecule has 0 aliphatic heterocycles. The lowest BCUT2D eigenvalue weighted by Gasteiger charge is -2.12. The van der Waals surface area contributed by atoms with Crippen molar-refractivity contribution < 1.29 is 19.2 Å². The lowest BCUT2D eigenvalue weighted by atomic mass is 10.1. The Bertz CT molecular complexity index is 762. The minimum atomic E-state index is -0.624. The van der Waals surface area contributed by atoms with Crippen molar-refractivity contribution in [1.82, 2.24) is 0 Å². The highest BCUT2D eigenvalue weighted by Crippen LogP contribution is 2.35. The summed E-state index contributed by atoms with van der Waals surface area (Å²) in [6.07, 6.45) is 0. The fourth-order valence-electron chi connectivity index (χ4n) is 2.04. The van der Waals surface area contributed by atoms with Crippen molar-refractivity contribution in [3.05, 3.63) is 55.6 Å². The monoisotopic (exact) mass is 442 g/mol. The van der Waals surface area contributed by atoms with E-state index in [1.54, 1.807) is 19.1 Å². The normalized spacial score (nSPS) is 10.1. The summed E-state index contributed by atoms with van der Waals surface area (Å²) in [5, 5.41) is 13.9.